The molecular weight excluding hydrogens is 406 g/mol. The molecule has 0 unspecified atom stereocenters. The van der Waals surface area contributed by atoms with Gasteiger partial charge < -0.3 is 5.32 Å². The van der Waals surface area contributed by atoms with E-state index in [-0.39, 0.29) is 18.1 Å². The Morgan fingerprint density at radius 1 is 1.19 bits per heavy atom. The molecule has 0 aliphatic carbocycles. The molecule has 0 aliphatic heterocycles. The molecule has 11 heteroatoms. The van der Waals surface area contributed by atoms with Crippen LogP contribution in [0.1, 0.15) is 21.7 Å². The molecule has 1 aromatic carbocycles. The standard InChI is InChI=1S/C16H12Cl2F3N5O/c1-25-12(7-13(23-25)16(19,20)21)15(27)22-14-5-6-26(24-14)8-9-10(17)3-2-4-11(9)18/h2-7H,8H2,1H3,(H,22,24,27). The van der Waals surface area contributed by atoms with E-state index < -0.39 is 17.8 Å². The highest BCUT2D eigenvalue weighted by molar-refractivity contribution is 6.35. The minimum absolute atomic E-state index is 0.165. The number of nitrogens with one attached hydrogen (secondary N) is 1. The topological polar surface area (TPSA) is 64.7 Å². The fraction of sp³-hybridized carbons (Fsp3) is 0.188. The van der Waals surface area contributed by atoms with Crippen molar-refractivity contribution >= 4 is 34.9 Å². The molecule has 0 saturated carbocycles. The van der Waals surface area contributed by atoms with Gasteiger partial charge in [0.25, 0.3) is 5.91 Å². The van der Waals surface area contributed by atoms with Crippen LogP contribution in [0.25, 0.3) is 0 Å². The number of rotatable bonds is 4. The summed E-state index contributed by atoms with van der Waals surface area (Å²) < 4.78 is 40.5. The molecule has 0 aliphatic rings. The molecule has 142 valence electrons. The van der Waals surface area contributed by atoms with Gasteiger partial charge in [0.2, 0.25) is 0 Å². The van der Waals surface area contributed by atoms with Gasteiger partial charge in [0.05, 0.1) is 6.54 Å². The van der Waals surface area contributed by atoms with E-state index in [1.807, 2.05) is 0 Å². The van der Waals surface area contributed by atoms with Crippen LogP contribution in [0.15, 0.2) is 36.5 Å². The molecule has 0 fully saturated rings. The second-order valence-corrected chi connectivity index (χ2v) is 6.40. The van der Waals surface area contributed by atoms with E-state index in [2.05, 4.69) is 15.5 Å². The Balaban J connectivity index is 1.74. The Bertz CT molecular complexity index is 976. The number of halogens is 5. The lowest BCUT2D eigenvalue weighted by Crippen LogP contribution is -2.16. The van der Waals surface area contributed by atoms with Crippen molar-refractivity contribution in [3.63, 3.8) is 0 Å². The number of carbonyl (C=O) groups excluding carboxylic acids is 1. The van der Waals surface area contributed by atoms with Crippen molar-refractivity contribution in [2.75, 3.05) is 5.32 Å². The summed E-state index contributed by atoms with van der Waals surface area (Å²) in [6, 6.07) is 7.27. The summed E-state index contributed by atoms with van der Waals surface area (Å²) in [5, 5.41) is 10.8. The number of alkyl halides is 3. The van der Waals surface area contributed by atoms with E-state index in [0.717, 1.165) is 4.68 Å². The SMILES string of the molecule is Cn1nc(C(F)(F)F)cc1C(=O)Nc1ccn(Cc2c(Cl)cccc2Cl)n1. The van der Waals surface area contributed by atoms with Crippen LogP contribution >= 0.6 is 23.2 Å². The van der Waals surface area contributed by atoms with Crippen molar-refractivity contribution in [3.05, 3.63) is 63.5 Å². The van der Waals surface area contributed by atoms with Crippen molar-refractivity contribution < 1.29 is 18.0 Å². The highest BCUT2D eigenvalue weighted by Gasteiger charge is 2.35. The minimum atomic E-state index is -4.63. The third-order valence-electron chi connectivity index (χ3n) is 3.67. The predicted molar refractivity (Wildman–Crippen MR) is 94.0 cm³/mol. The molecule has 0 radical (unpaired) electrons. The van der Waals surface area contributed by atoms with Gasteiger partial charge in [0.15, 0.2) is 11.5 Å². The van der Waals surface area contributed by atoms with Gasteiger partial charge in [-0.3, -0.25) is 14.2 Å². The van der Waals surface area contributed by atoms with Crippen molar-refractivity contribution in [1.29, 1.82) is 0 Å². The van der Waals surface area contributed by atoms with Crippen molar-refractivity contribution in [1.82, 2.24) is 19.6 Å². The maximum absolute atomic E-state index is 12.7. The van der Waals surface area contributed by atoms with E-state index >= 15 is 0 Å². The first-order valence-corrected chi connectivity index (χ1v) is 8.29. The first kappa shape index (κ1) is 19.2. The van der Waals surface area contributed by atoms with Crippen LogP contribution in [0, 0.1) is 0 Å². The zero-order valence-electron chi connectivity index (χ0n) is 13.8. The smallest absolute Gasteiger partial charge is 0.304 e. The Morgan fingerprint density at radius 3 is 2.44 bits per heavy atom. The monoisotopic (exact) mass is 417 g/mol. The molecule has 0 spiro atoms. The van der Waals surface area contributed by atoms with Gasteiger partial charge in [-0.25, -0.2) is 0 Å². The Labute approximate surface area is 161 Å². The lowest BCUT2D eigenvalue weighted by molar-refractivity contribution is -0.141. The van der Waals surface area contributed by atoms with Gasteiger partial charge in [0.1, 0.15) is 5.69 Å². The molecule has 27 heavy (non-hydrogen) atoms. The van der Waals surface area contributed by atoms with Crippen molar-refractivity contribution in [3.8, 4) is 0 Å². The molecule has 0 bridgehead atoms. The lowest BCUT2D eigenvalue weighted by atomic mass is 10.2. The highest BCUT2D eigenvalue weighted by atomic mass is 35.5. The van der Waals surface area contributed by atoms with Crippen LogP contribution < -0.4 is 5.32 Å². The predicted octanol–water partition coefficient (Wildman–Crippen LogP) is 4.24. The third-order valence-corrected chi connectivity index (χ3v) is 4.38. The van der Waals surface area contributed by atoms with Gasteiger partial charge >= 0.3 is 6.18 Å². The summed E-state index contributed by atoms with van der Waals surface area (Å²) in [5.74, 6) is -0.598. The highest BCUT2D eigenvalue weighted by Crippen LogP contribution is 2.28. The molecule has 6 nitrogen and oxygen atoms in total. The lowest BCUT2D eigenvalue weighted by Gasteiger charge is -2.07. The van der Waals surface area contributed by atoms with Crippen LogP contribution in [0.3, 0.4) is 0 Å². The zero-order valence-corrected chi connectivity index (χ0v) is 15.3. The van der Waals surface area contributed by atoms with E-state index in [9.17, 15) is 18.0 Å². The molecule has 3 aromatic rings. The van der Waals surface area contributed by atoms with Gasteiger partial charge in [-0.05, 0) is 12.1 Å². The van der Waals surface area contributed by atoms with Crippen LogP contribution in [-0.2, 0) is 19.8 Å². The number of aromatic nitrogens is 4. The third kappa shape index (κ3) is 4.25. The summed E-state index contributed by atoms with van der Waals surface area (Å²) in [6.45, 7) is 0.262. The van der Waals surface area contributed by atoms with Crippen LogP contribution in [-0.4, -0.2) is 25.5 Å². The number of amides is 1. The van der Waals surface area contributed by atoms with Crippen LogP contribution in [0.2, 0.25) is 10.0 Å². The largest absolute Gasteiger partial charge is 0.435 e. The average molecular weight is 418 g/mol. The maximum Gasteiger partial charge on any atom is 0.435 e. The molecule has 2 aromatic heterocycles. The second kappa shape index (κ2) is 7.24. The fourth-order valence-corrected chi connectivity index (χ4v) is 2.88. The van der Waals surface area contributed by atoms with E-state index in [1.54, 1.807) is 24.4 Å². The number of carbonyl (C=O) groups is 1. The van der Waals surface area contributed by atoms with Gasteiger partial charge in [-0.1, -0.05) is 29.3 Å². The number of hydrogen-bond donors (Lipinski definition) is 1. The van der Waals surface area contributed by atoms with Crippen LogP contribution in [0.4, 0.5) is 19.0 Å². The summed E-state index contributed by atoms with van der Waals surface area (Å²) >= 11 is 12.2. The Hall–Kier alpha value is -2.52. The summed E-state index contributed by atoms with van der Waals surface area (Å²) in [7, 11) is 1.25. The number of nitrogens with zero attached hydrogens (tertiary/aromatic N) is 4. The quantitative estimate of drug-likeness (QED) is 0.690. The number of aryl methyl sites for hydroxylation is 1. The Kier molecular flexibility index (Phi) is 5.16. The van der Waals surface area contributed by atoms with Gasteiger partial charge in [-0.2, -0.15) is 23.4 Å². The number of hydrogen-bond acceptors (Lipinski definition) is 3. The summed E-state index contributed by atoms with van der Waals surface area (Å²) in [6.07, 6.45) is -3.05. The number of anilines is 1. The van der Waals surface area contributed by atoms with Crippen molar-refractivity contribution in [2.45, 2.75) is 12.7 Å². The van der Waals surface area contributed by atoms with Gasteiger partial charge in [-0.15, -0.1) is 0 Å². The molecular formula is C16H12Cl2F3N5O. The summed E-state index contributed by atoms with van der Waals surface area (Å²) in [5.41, 5.74) is -0.733. The zero-order chi connectivity index (χ0) is 19.8. The molecule has 0 atom stereocenters. The molecule has 1 N–H and O–H groups in total. The first-order chi connectivity index (χ1) is 12.6. The molecule has 0 saturated heterocycles. The Morgan fingerprint density at radius 2 is 1.85 bits per heavy atom. The first-order valence-electron chi connectivity index (χ1n) is 7.54. The normalized spacial score (nSPS) is 11.6. The second-order valence-electron chi connectivity index (χ2n) is 5.59. The number of benzene rings is 1. The van der Waals surface area contributed by atoms with Gasteiger partial charge in [0, 0.05) is 41.0 Å². The maximum atomic E-state index is 12.7. The minimum Gasteiger partial charge on any atom is -0.304 e. The summed E-state index contributed by atoms with van der Waals surface area (Å²) in [4.78, 5) is 12.2. The molecule has 3 rings (SSSR count). The average Bonchev–Trinajstić information content (AvgIpc) is 3.17. The van der Waals surface area contributed by atoms with E-state index in [0.29, 0.717) is 21.7 Å². The van der Waals surface area contributed by atoms with E-state index in [4.69, 9.17) is 23.2 Å². The molecule has 2 heterocycles. The fourth-order valence-electron chi connectivity index (χ4n) is 2.36. The molecule has 1 amide bonds. The van der Waals surface area contributed by atoms with Crippen LogP contribution in [0.5, 0.6) is 0 Å². The van der Waals surface area contributed by atoms with Crippen molar-refractivity contribution in [2.24, 2.45) is 7.05 Å². The van der Waals surface area contributed by atoms with E-state index in [1.165, 1.54) is 17.8 Å².